The third-order valence-corrected chi connectivity index (χ3v) is 3.05. The summed E-state index contributed by atoms with van der Waals surface area (Å²) in [4.78, 5) is 13.5. The first-order valence-corrected chi connectivity index (χ1v) is 6.70. The Bertz CT molecular complexity index is 480. The highest BCUT2D eigenvalue weighted by Crippen LogP contribution is 2.23. The predicted octanol–water partition coefficient (Wildman–Crippen LogP) is 2.36. The second-order valence-corrected chi connectivity index (χ2v) is 4.88. The monoisotopic (exact) mass is 300 g/mol. The number of nitrogens with zero attached hydrogens (tertiary/aromatic N) is 1. The summed E-state index contributed by atoms with van der Waals surface area (Å²) in [6.45, 7) is 2.70. The van der Waals surface area contributed by atoms with E-state index >= 15 is 0 Å². The number of nitrogens with two attached hydrogens (primary N) is 1. The maximum absolute atomic E-state index is 11.3. The van der Waals surface area contributed by atoms with Gasteiger partial charge in [0.15, 0.2) is 0 Å². The van der Waals surface area contributed by atoms with Gasteiger partial charge in [0, 0.05) is 29.9 Å². The Morgan fingerprint density at radius 3 is 2.79 bits per heavy atom. The Morgan fingerprint density at radius 1 is 1.53 bits per heavy atom. The summed E-state index contributed by atoms with van der Waals surface area (Å²) in [7, 11) is 1.87. The van der Waals surface area contributed by atoms with Crippen molar-refractivity contribution in [2.75, 3.05) is 25.1 Å². The molecule has 0 radical (unpaired) electrons. The molecule has 6 heteroatoms. The first-order valence-electron chi connectivity index (χ1n) is 5.91. The molecule has 0 bridgehead atoms. The molecule has 0 saturated carbocycles. The highest BCUT2D eigenvalue weighted by Gasteiger charge is 2.12. The van der Waals surface area contributed by atoms with Gasteiger partial charge in [0.05, 0.1) is 13.0 Å². The Kier molecular flexibility index (Phi) is 6.05. The molecule has 0 aromatic heterocycles. The largest absolute Gasteiger partial charge is 0.466 e. The normalized spacial score (nSPS) is 10.1. The minimum absolute atomic E-state index is 0.222. The summed E-state index contributed by atoms with van der Waals surface area (Å²) in [6.07, 6.45) is 0.309. The number of benzene rings is 1. The summed E-state index contributed by atoms with van der Waals surface area (Å²) >= 11 is 10.9. The van der Waals surface area contributed by atoms with Crippen LogP contribution in [0.25, 0.3) is 0 Å². The predicted molar refractivity (Wildman–Crippen MR) is 81.9 cm³/mol. The van der Waals surface area contributed by atoms with Gasteiger partial charge in [-0.1, -0.05) is 23.8 Å². The third kappa shape index (κ3) is 4.69. The van der Waals surface area contributed by atoms with Crippen LogP contribution in [0.15, 0.2) is 18.2 Å². The number of hydrogen-bond acceptors (Lipinski definition) is 4. The van der Waals surface area contributed by atoms with Gasteiger partial charge in [-0.3, -0.25) is 4.79 Å². The van der Waals surface area contributed by atoms with E-state index in [0.29, 0.717) is 30.2 Å². The molecule has 4 nitrogen and oxygen atoms in total. The summed E-state index contributed by atoms with van der Waals surface area (Å²) in [5, 5.41) is 0.574. The van der Waals surface area contributed by atoms with E-state index in [1.165, 1.54) is 0 Å². The molecule has 0 saturated heterocycles. The minimum Gasteiger partial charge on any atom is -0.466 e. The van der Waals surface area contributed by atoms with Crippen molar-refractivity contribution in [3.05, 3.63) is 28.8 Å². The first kappa shape index (κ1) is 15.7. The zero-order valence-electron chi connectivity index (χ0n) is 11.0. The lowest BCUT2D eigenvalue weighted by Gasteiger charge is -2.22. The van der Waals surface area contributed by atoms with E-state index < -0.39 is 0 Å². The summed E-state index contributed by atoms with van der Waals surface area (Å²) in [6, 6.07) is 5.32. The molecule has 0 fully saturated rings. The number of rotatable bonds is 6. The smallest absolute Gasteiger partial charge is 0.307 e. The number of ether oxygens (including phenoxy) is 1. The van der Waals surface area contributed by atoms with Gasteiger partial charge in [-0.05, 0) is 25.1 Å². The van der Waals surface area contributed by atoms with E-state index in [0.717, 1.165) is 5.69 Å². The number of hydrogen-bond donors (Lipinski definition) is 1. The van der Waals surface area contributed by atoms with Crippen LogP contribution in [0, 0.1) is 0 Å². The molecule has 104 valence electrons. The lowest BCUT2D eigenvalue weighted by molar-refractivity contribution is -0.142. The van der Waals surface area contributed by atoms with Crippen LogP contribution >= 0.6 is 23.8 Å². The van der Waals surface area contributed by atoms with E-state index in [1.54, 1.807) is 19.1 Å². The molecule has 2 N–H and O–H groups in total. The average Bonchev–Trinajstić information content (AvgIpc) is 2.36. The second-order valence-electron chi connectivity index (χ2n) is 4.00. The average molecular weight is 301 g/mol. The van der Waals surface area contributed by atoms with E-state index in [2.05, 4.69) is 0 Å². The Hall–Kier alpha value is -1.33. The molecule has 0 amide bonds. The maximum Gasteiger partial charge on any atom is 0.307 e. The van der Waals surface area contributed by atoms with Crippen LogP contribution in [0.5, 0.6) is 0 Å². The molecule has 1 aromatic carbocycles. The van der Waals surface area contributed by atoms with Crippen molar-refractivity contribution in [1.29, 1.82) is 0 Å². The highest BCUT2D eigenvalue weighted by molar-refractivity contribution is 7.80. The van der Waals surface area contributed by atoms with E-state index in [-0.39, 0.29) is 11.0 Å². The first-order chi connectivity index (χ1) is 8.95. The van der Waals surface area contributed by atoms with Crippen LogP contribution in [0.4, 0.5) is 5.69 Å². The van der Waals surface area contributed by atoms with Crippen molar-refractivity contribution < 1.29 is 9.53 Å². The van der Waals surface area contributed by atoms with E-state index in [1.807, 2.05) is 18.0 Å². The molecule has 1 rings (SSSR count). The molecular formula is C13H17ClN2O2S. The van der Waals surface area contributed by atoms with Crippen molar-refractivity contribution >= 4 is 40.5 Å². The lowest BCUT2D eigenvalue weighted by Crippen LogP contribution is -2.25. The number of carbonyl (C=O) groups excluding carboxylic acids is 1. The zero-order chi connectivity index (χ0) is 14.4. The summed E-state index contributed by atoms with van der Waals surface area (Å²) in [5.41, 5.74) is 7.23. The van der Waals surface area contributed by atoms with Crippen LogP contribution in [0.3, 0.4) is 0 Å². The Morgan fingerprint density at radius 2 is 2.21 bits per heavy atom. The summed E-state index contributed by atoms with van der Waals surface area (Å²) in [5.74, 6) is -0.222. The molecule has 1 aromatic rings. The van der Waals surface area contributed by atoms with Gasteiger partial charge in [-0.15, -0.1) is 0 Å². The summed E-state index contributed by atoms with van der Waals surface area (Å²) < 4.78 is 4.89. The molecule has 0 spiro atoms. The molecule has 0 heterocycles. The highest BCUT2D eigenvalue weighted by atomic mass is 35.5. The van der Waals surface area contributed by atoms with E-state index in [4.69, 9.17) is 34.3 Å². The third-order valence-electron chi connectivity index (χ3n) is 2.59. The van der Waals surface area contributed by atoms with Crippen LogP contribution in [0.1, 0.15) is 18.9 Å². The number of halogens is 1. The fourth-order valence-electron chi connectivity index (χ4n) is 1.65. The van der Waals surface area contributed by atoms with Gasteiger partial charge >= 0.3 is 5.97 Å². The molecule has 19 heavy (non-hydrogen) atoms. The van der Waals surface area contributed by atoms with Crippen molar-refractivity contribution in [2.24, 2.45) is 5.73 Å². The van der Waals surface area contributed by atoms with Crippen LogP contribution < -0.4 is 10.6 Å². The fraction of sp³-hybridized carbons (Fsp3) is 0.385. The van der Waals surface area contributed by atoms with Gasteiger partial charge < -0.3 is 15.4 Å². The van der Waals surface area contributed by atoms with Gasteiger partial charge in [-0.2, -0.15) is 0 Å². The van der Waals surface area contributed by atoms with Crippen molar-refractivity contribution in [2.45, 2.75) is 13.3 Å². The number of esters is 1. The SMILES string of the molecule is CCOC(=O)CCN(C)c1ccc(Cl)cc1C(N)=S. The van der Waals surface area contributed by atoms with Crippen LogP contribution in [-0.4, -0.2) is 31.2 Å². The quantitative estimate of drug-likeness (QED) is 0.646. The van der Waals surface area contributed by atoms with Gasteiger partial charge in [-0.25, -0.2) is 0 Å². The number of carbonyl (C=O) groups is 1. The Balaban J connectivity index is 2.79. The van der Waals surface area contributed by atoms with Crippen LogP contribution in [0.2, 0.25) is 5.02 Å². The van der Waals surface area contributed by atoms with Crippen LogP contribution in [-0.2, 0) is 9.53 Å². The van der Waals surface area contributed by atoms with Gasteiger partial charge in [0.2, 0.25) is 0 Å². The minimum atomic E-state index is -0.222. The standard InChI is InChI=1S/C13H17ClN2O2S/c1-3-18-12(17)6-7-16(2)11-5-4-9(14)8-10(11)13(15)19/h4-5,8H,3,6-7H2,1-2H3,(H2,15,19). The molecule has 0 aliphatic rings. The van der Waals surface area contributed by atoms with Crippen molar-refractivity contribution in [1.82, 2.24) is 0 Å². The lowest BCUT2D eigenvalue weighted by atomic mass is 10.1. The molecular weight excluding hydrogens is 284 g/mol. The maximum atomic E-state index is 11.3. The van der Waals surface area contributed by atoms with Crippen molar-refractivity contribution in [3.63, 3.8) is 0 Å². The molecule has 0 aliphatic heterocycles. The molecule has 0 aliphatic carbocycles. The topological polar surface area (TPSA) is 55.6 Å². The van der Waals surface area contributed by atoms with Gasteiger partial charge in [0.1, 0.15) is 4.99 Å². The zero-order valence-corrected chi connectivity index (χ0v) is 12.6. The molecule has 0 unspecified atom stereocenters. The van der Waals surface area contributed by atoms with E-state index in [9.17, 15) is 4.79 Å². The van der Waals surface area contributed by atoms with Gasteiger partial charge in [0.25, 0.3) is 0 Å². The Labute approximate surface area is 123 Å². The van der Waals surface area contributed by atoms with Crippen molar-refractivity contribution in [3.8, 4) is 0 Å². The number of anilines is 1. The second kappa shape index (κ2) is 7.31. The molecule has 0 atom stereocenters. The number of thiocarbonyl (C=S) groups is 1. The fourth-order valence-corrected chi connectivity index (χ4v) is 1.99.